The van der Waals surface area contributed by atoms with Crippen molar-refractivity contribution in [3.8, 4) is 11.5 Å². The lowest BCUT2D eigenvalue weighted by Gasteiger charge is -2.08. The molecule has 0 saturated heterocycles. The maximum absolute atomic E-state index is 12.2. The summed E-state index contributed by atoms with van der Waals surface area (Å²) in [6, 6.07) is 13.9. The number of benzene rings is 2. The Hall–Kier alpha value is -3.08. The number of allylic oxidation sites excluding steroid dienone is 1. The maximum Gasteiger partial charge on any atom is 0.190 e. The largest absolute Gasteiger partial charge is 0.497 e. The van der Waals surface area contributed by atoms with Crippen LogP contribution in [0.15, 0.2) is 60.8 Å². The van der Waals surface area contributed by atoms with E-state index in [1.54, 1.807) is 37.4 Å². The second-order valence-corrected chi connectivity index (χ2v) is 4.93. The minimum absolute atomic E-state index is 0.0465. The van der Waals surface area contributed by atoms with Gasteiger partial charge in [-0.1, -0.05) is 30.3 Å². The van der Waals surface area contributed by atoms with E-state index in [0.717, 1.165) is 0 Å². The van der Waals surface area contributed by atoms with Gasteiger partial charge in [0.2, 0.25) is 0 Å². The van der Waals surface area contributed by atoms with Gasteiger partial charge in [-0.15, -0.1) is 0 Å². The Bertz CT molecular complexity index is 738. The molecule has 0 fully saturated rings. The molecular weight excluding hydrogens is 306 g/mol. The first-order valence-electron chi connectivity index (χ1n) is 7.40. The Morgan fingerprint density at radius 1 is 1.04 bits per heavy atom. The predicted octanol–water partition coefficient (Wildman–Crippen LogP) is 2.87. The van der Waals surface area contributed by atoms with E-state index in [2.05, 4.69) is 5.32 Å². The number of nitrogens with one attached hydrogen (secondary N) is 1. The van der Waals surface area contributed by atoms with Crippen molar-refractivity contribution in [2.45, 2.75) is 0 Å². The molecule has 124 valence electrons. The van der Waals surface area contributed by atoms with Crippen LogP contribution in [0.5, 0.6) is 11.5 Å². The Kier molecular flexibility index (Phi) is 6.14. The van der Waals surface area contributed by atoms with E-state index in [-0.39, 0.29) is 18.1 Å². The fourth-order valence-electron chi connectivity index (χ4n) is 2.10. The van der Waals surface area contributed by atoms with Gasteiger partial charge in [0.15, 0.2) is 11.6 Å². The third-order valence-electron chi connectivity index (χ3n) is 3.39. The summed E-state index contributed by atoms with van der Waals surface area (Å²) in [7, 11) is 3.04. The predicted molar refractivity (Wildman–Crippen MR) is 91.8 cm³/mol. The molecule has 5 heteroatoms. The molecule has 2 rings (SSSR count). The van der Waals surface area contributed by atoms with E-state index in [9.17, 15) is 9.59 Å². The minimum Gasteiger partial charge on any atom is -0.497 e. The van der Waals surface area contributed by atoms with Crippen molar-refractivity contribution in [2.75, 3.05) is 20.8 Å². The molecular formula is C19H19NO4. The highest BCUT2D eigenvalue weighted by atomic mass is 16.5. The van der Waals surface area contributed by atoms with Crippen LogP contribution in [-0.2, 0) is 0 Å². The highest BCUT2D eigenvalue weighted by molar-refractivity contribution is 6.06. The van der Waals surface area contributed by atoms with Crippen molar-refractivity contribution >= 4 is 11.6 Å². The summed E-state index contributed by atoms with van der Waals surface area (Å²) in [5.41, 5.74) is 1.05. The van der Waals surface area contributed by atoms with Crippen molar-refractivity contribution < 1.29 is 19.1 Å². The monoisotopic (exact) mass is 325 g/mol. The number of carbonyl (C=O) groups is 2. The van der Waals surface area contributed by atoms with Gasteiger partial charge in [0, 0.05) is 23.9 Å². The zero-order valence-corrected chi connectivity index (χ0v) is 13.6. The van der Waals surface area contributed by atoms with Crippen LogP contribution in [0.1, 0.15) is 20.7 Å². The van der Waals surface area contributed by atoms with Crippen LogP contribution in [0.4, 0.5) is 0 Å². The number of hydrogen-bond donors (Lipinski definition) is 1. The molecule has 0 heterocycles. The lowest BCUT2D eigenvalue weighted by atomic mass is 10.1. The standard InChI is InChI=1S/C19H19NO4/c1-23-15-8-9-16(19(12-15)24-2)17(21)10-11-20-13-18(22)14-6-4-3-5-7-14/h3-12,20H,13H2,1-2H3. The van der Waals surface area contributed by atoms with Crippen molar-refractivity contribution in [1.29, 1.82) is 0 Å². The van der Waals surface area contributed by atoms with Crippen LogP contribution in [0.25, 0.3) is 0 Å². The van der Waals surface area contributed by atoms with Crippen LogP contribution < -0.4 is 14.8 Å². The number of methoxy groups -OCH3 is 2. The van der Waals surface area contributed by atoms with Crippen molar-refractivity contribution in [1.82, 2.24) is 5.32 Å². The normalized spacial score (nSPS) is 10.4. The number of Topliss-reactive ketones (excluding diaryl/α,β-unsaturated/α-hetero) is 1. The van der Waals surface area contributed by atoms with Crippen LogP contribution in [0, 0.1) is 0 Å². The summed E-state index contributed by atoms with van der Waals surface area (Å²) >= 11 is 0. The van der Waals surface area contributed by atoms with Gasteiger partial charge in [-0.05, 0) is 12.1 Å². The first-order chi connectivity index (χ1) is 11.7. The van der Waals surface area contributed by atoms with Gasteiger partial charge in [0.25, 0.3) is 0 Å². The van der Waals surface area contributed by atoms with Crippen LogP contribution in [0.2, 0.25) is 0 Å². The highest BCUT2D eigenvalue weighted by Gasteiger charge is 2.10. The zero-order chi connectivity index (χ0) is 17.4. The smallest absolute Gasteiger partial charge is 0.190 e. The fourth-order valence-corrected chi connectivity index (χ4v) is 2.10. The van der Waals surface area contributed by atoms with Gasteiger partial charge in [0.05, 0.1) is 26.3 Å². The van der Waals surface area contributed by atoms with Crippen molar-refractivity contribution in [3.63, 3.8) is 0 Å². The Morgan fingerprint density at radius 2 is 1.79 bits per heavy atom. The molecule has 5 nitrogen and oxygen atoms in total. The highest BCUT2D eigenvalue weighted by Crippen LogP contribution is 2.25. The average Bonchev–Trinajstić information content (AvgIpc) is 2.64. The summed E-state index contributed by atoms with van der Waals surface area (Å²) in [6.45, 7) is 0.119. The number of ether oxygens (including phenoxy) is 2. The molecule has 2 aromatic rings. The topological polar surface area (TPSA) is 64.6 Å². The number of carbonyl (C=O) groups excluding carboxylic acids is 2. The molecule has 0 aliphatic rings. The molecule has 0 bridgehead atoms. The summed E-state index contributed by atoms with van der Waals surface area (Å²) in [5, 5.41) is 2.83. The molecule has 0 amide bonds. The molecule has 24 heavy (non-hydrogen) atoms. The maximum atomic E-state index is 12.2. The zero-order valence-electron chi connectivity index (χ0n) is 13.6. The van der Waals surface area contributed by atoms with Gasteiger partial charge in [-0.25, -0.2) is 0 Å². The van der Waals surface area contributed by atoms with Crippen molar-refractivity contribution in [3.05, 3.63) is 71.9 Å². The Morgan fingerprint density at radius 3 is 2.46 bits per heavy atom. The van der Waals surface area contributed by atoms with Gasteiger partial charge in [0.1, 0.15) is 11.5 Å². The molecule has 0 radical (unpaired) electrons. The average molecular weight is 325 g/mol. The van der Waals surface area contributed by atoms with Crippen molar-refractivity contribution in [2.24, 2.45) is 0 Å². The second-order valence-electron chi connectivity index (χ2n) is 4.93. The van der Waals surface area contributed by atoms with E-state index >= 15 is 0 Å². The van der Waals surface area contributed by atoms with Crippen LogP contribution in [0.3, 0.4) is 0 Å². The molecule has 0 unspecified atom stereocenters. The third kappa shape index (κ3) is 4.46. The third-order valence-corrected chi connectivity index (χ3v) is 3.39. The van der Waals surface area contributed by atoms with Crippen LogP contribution in [-0.4, -0.2) is 32.3 Å². The number of rotatable bonds is 8. The van der Waals surface area contributed by atoms with Gasteiger partial charge in [-0.2, -0.15) is 0 Å². The number of ketones is 2. The van der Waals surface area contributed by atoms with E-state index in [1.165, 1.54) is 19.4 Å². The molecule has 1 N–H and O–H groups in total. The molecule has 0 aliphatic heterocycles. The summed E-state index contributed by atoms with van der Waals surface area (Å²) in [6.07, 6.45) is 2.83. The van der Waals surface area contributed by atoms with E-state index < -0.39 is 0 Å². The summed E-state index contributed by atoms with van der Waals surface area (Å²) in [5.74, 6) is 0.771. The molecule has 0 spiro atoms. The summed E-state index contributed by atoms with van der Waals surface area (Å²) in [4.78, 5) is 24.1. The lowest BCUT2D eigenvalue weighted by molar-refractivity contribution is 0.0991. The fraction of sp³-hybridized carbons (Fsp3) is 0.158. The molecule has 0 atom stereocenters. The molecule has 0 aliphatic carbocycles. The second kappa shape index (κ2) is 8.53. The van der Waals surface area contributed by atoms with Gasteiger partial charge >= 0.3 is 0 Å². The summed E-state index contributed by atoms with van der Waals surface area (Å²) < 4.78 is 10.3. The molecule has 0 saturated carbocycles. The first kappa shape index (κ1) is 17.3. The molecule has 0 aromatic heterocycles. The van der Waals surface area contributed by atoms with Gasteiger partial charge in [-0.3, -0.25) is 9.59 Å². The Balaban J connectivity index is 1.95. The van der Waals surface area contributed by atoms with Gasteiger partial charge < -0.3 is 14.8 Å². The van der Waals surface area contributed by atoms with Crippen LogP contribution >= 0.6 is 0 Å². The molecule has 2 aromatic carbocycles. The van der Waals surface area contributed by atoms with E-state index in [4.69, 9.17) is 9.47 Å². The van der Waals surface area contributed by atoms with E-state index in [0.29, 0.717) is 22.6 Å². The Labute approximate surface area is 140 Å². The SMILES string of the molecule is COc1ccc(C(=O)C=CNCC(=O)c2ccccc2)c(OC)c1. The van der Waals surface area contributed by atoms with E-state index in [1.807, 2.05) is 18.2 Å². The number of hydrogen-bond acceptors (Lipinski definition) is 5. The minimum atomic E-state index is -0.228. The lowest BCUT2D eigenvalue weighted by Crippen LogP contribution is -2.18. The first-order valence-corrected chi connectivity index (χ1v) is 7.40. The quantitative estimate of drug-likeness (QED) is 0.597.